The first-order valence-electron chi connectivity index (χ1n) is 13.7. The van der Waals surface area contributed by atoms with Crippen LogP contribution in [0.15, 0.2) is 77.6 Å². The second kappa shape index (κ2) is 8.45. The third-order valence-corrected chi connectivity index (χ3v) is 8.70. The van der Waals surface area contributed by atoms with E-state index < -0.39 is 17.4 Å². The van der Waals surface area contributed by atoms with Crippen molar-refractivity contribution in [2.45, 2.75) is 45.2 Å². The number of nitrogens with one attached hydrogen (secondary N) is 1. The zero-order valence-corrected chi connectivity index (χ0v) is 22.2. The van der Waals surface area contributed by atoms with Crippen molar-refractivity contribution < 1.29 is 9.59 Å². The Bertz CT molecular complexity index is 1740. The largest absolute Gasteiger partial charge is 0.297 e. The number of hydrogen-bond donors (Lipinski definition) is 1. The van der Waals surface area contributed by atoms with Gasteiger partial charge in [0.2, 0.25) is 11.8 Å². The Labute approximate surface area is 226 Å². The van der Waals surface area contributed by atoms with Crippen LogP contribution in [-0.4, -0.2) is 27.4 Å². The highest BCUT2D eigenvalue weighted by Gasteiger charge is 2.69. The first kappa shape index (κ1) is 24.0. The maximum atomic E-state index is 14.6. The van der Waals surface area contributed by atoms with Gasteiger partial charge in [-0.15, -0.1) is 0 Å². The second-order valence-corrected chi connectivity index (χ2v) is 11.3. The fraction of sp³-hybridized carbons (Fsp3) is 0.312. The van der Waals surface area contributed by atoms with Crippen LogP contribution in [0.1, 0.15) is 44.1 Å². The molecule has 196 valence electrons. The molecule has 1 spiro atoms. The van der Waals surface area contributed by atoms with E-state index in [0.717, 1.165) is 11.1 Å². The first-order chi connectivity index (χ1) is 18.9. The molecule has 0 bridgehead atoms. The number of imide groups is 1. The maximum absolute atomic E-state index is 14.6. The number of hydrogen-bond acceptors (Lipinski definition) is 5. The summed E-state index contributed by atoms with van der Waals surface area (Å²) in [5.74, 6) is -0.952. The lowest BCUT2D eigenvalue weighted by atomic mass is 9.75. The molecule has 3 aliphatic heterocycles. The van der Waals surface area contributed by atoms with Crippen molar-refractivity contribution in [3.05, 3.63) is 100 Å². The molecule has 39 heavy (non-hydrogen) atoms. The van der Waals surface area contributed by atoms with Gasteiger partial charge >= 0.3 is 0 Å². The molecule has 4 heterocycles. The lowest BCUT2D eigenvalue weighted by molar-refractivity contribution is -0.123. The molecule has 1 aromatic heterocycles. The Morgan fingerprint density at radius 2 is 1.59 bits per heavy atom. The van der Waals surface area contributed by atoms with E-state index in [-0.39, 0.29) is 23.4 Å². The Morgan fingerprint density at radius 3 is 2.36 bits per heavy atom. The van der Waals surface area contributed by atoms with Crippen molar-refractivity contribution >= 4 is 28.4 Å². The normalized spacial score (nSPS) is 25.1. The number of fused-ring (bicyclic) bond motifs is 8. The molecule has 3 aromatic carbocycles. The second-order valence-electron chi connectivity index (χ2n) is 11.3. The van der Waals surface area contributed by atoms with Crippen LogP contribution in [0.4, 0.5) is 5.69 Å². The van der Waals surface area contributed by atoms with Crippen LogP contribution < -0.4 is 15.8 Å². The molecule has 3 aliphatic rings. The Hall–Kier alpha value is -4.10. The van der Waals surface area contributed by atoms with Crippen LogP contribution in [-0.2, 0) is 21.5 Å². The van der Waals surface area contributed by atoms with E-state index in [1.165, 1.54) is 4.90 Å². The minimum atomic E-state index is -1.10. The number of rotatable bonds is 4. The smallest absolute Gasteiger partial charge is 0.266 e. The Balaban J connectivity index is 1.52. The SMILES string of the molecule is CCc1ccccc1N1C(=O)[C@H]2[C@@H](CC(C)C)N[C@]3(c4ccccc4-n4c3nc3ccccc3c4=O)[C@H]2C1=O. The molecule has 7 nitrogen and oxygen atoms in total. The minimum absolute atomic E-state index is 0.171. The number of carbonyl (C=O) groups is 2. The summed E-state index contributed by atoms with van der Waals surface area (Å²) in [5, 5.41) is 4.30. The van der Waals surface area contributed by atoms with Crippen LogP contribution in [0.5, 0.6) is 0 Å². The summed E-state index contributed by atoms with van der Waals surface area (Å²) in [5.41, 5.74) is 2.43. The van der Waals surface area contributed by atoms with Crippen LogP contribution in [0.25, 0.3) is 16.6 Å². The number of anilines is 1. The molecule has 4 atom stereocenters. The van der Waals surface area contributed by atoms with Crippen molar-refractivity contribution in [2.75, 3.05) is 4.90 Å². The van der Waals surface area contributed by atoms with Gasteiger partial charge in [0, 0.05) is 11.6 Å². The number of benzene rings is 3. The van der Waals surface area contributed by atoms with Crippen molar-refractivity contribution in [1.82, 2.24) is 14.9 Å². The highest BCUT2D eigenvalue weighted by Crippen LogP contribution is 2.56. The third-order valence-electron chi connectivity index (χ3n) is 8.70. The van der Waals surface area contributed by atoms with Gasteiger partial charge in [0.1, 0.15) is 11.4 Å². The van der Waals surface area contributed by atoms with Gasteiger partial charge < -0.3 is 0 Å². The van der Waals surface area contributed by atoms with Gasteiger partial charge in [-0.3, -0.25) is 24.3 Å². The molecule has 4 aromatic rings. The predicted octanol–water partition coefficient (Wildman–Crippen LogP) is 4.33. The minimum Gasteiger partial charge on any atom is -0.297 e. The number of aryl methyl sites for hydroxylation is 1. The van der Waals surface area contributed by atoms with E-state index in [1.54, 1.807) is 10.6 Å². The lowest BCUT2D eigenvalue weighted by Gasteiger charge is -2.32. The summed E-state index contributed by atoms with van der Waals surface area (Å²) in [6.07, 6.45) is 1.42. The average molecular weight is 519 g/mol. The first-order valence-corrected chi connectivity index (χ1v) is 13.7. The van der Waals surface area contributed by atoms with Crippen molar-refractivity contribution in [3.63, 3.8) is 0 Å². The number of amides is 2. The number of carbonyl (C=O) groups excluding carboxylic acids is 2. The molecule has 1 N–H and O–H groups in total. The predicted molar refractivity (Wildman–Crippen MR) is 150 cm³/mol. The van der Waals surface area contributed by atoms with Gasteiger partial charge in [-0.1, -0.05) is 69.3 Å². The standard InChI is InChI=1S/C32H30N4O3/c1-4-19-11-5-9-15-24(19)35-29(38)26-23(17-18(2)3)34-32(27(26)30(35)39)21-13-7-10-16-25(21)36-28(37)20-12-6-8-14-22(20)33-31(32)36/h5-16,18,23,26-27,34H,4,17H2,1-3H3/t23-,26+,27-,32-/m1/s1. The molecular formula is C32H30N4O3. The Kier molecular flexibility index (Phi) is 5.19. The summed E-state index contributed by atoms with van der Waals surface area (Å²) in [6, 6.07) is 22.4. The highest BCUT2D eigenvalue weighted by molar-refractivity contribution is 6.23. The zero-order chi connectivity index (χ0) is 27.1. The monoisotopic (exact) mass is 518 g/mol. The molecule has 0 aliphatic carbocycles. The van der Waals surface area contributed by atoms with E-state index in [0.29, 0.717) is 46.9 Å². The quantitative estimate of drug-likeness (QED) is 0.407. The van der Waals surface area contributed by atoms with Gasteiger partial charge in [-0.2, -0.15) is 0 Å². The summed E-state index contributed by atoms with van der Waals surface area (Å²) in [4.78, 5) is 49.2. The number of aromatic nitrogens is 2. The molecule has 2 fully saturated rings. The summed E-state index contributed by atoms with van der Waals surface area (Å²) in [6.45, 7) is 6.28. The molecular weight excluding hydrogens is 488 g/mol. The van der Waals surface area contributed by atoms with Crippen molar-refractivity contribution in [1.29, 1.82) is 0 Å². The topological polar surface area (TPSA) is 84.3 Å². The number of nitrogens with zero attached hydrogens (tertiary/aromatic N) is 3. The molecule has 0 radical (unpaired) electrons. The molecule has 7 rings (SSSR count). The van der Waals surface area contributed by atoms with E-state index in [4.69, 9.17) is 4.98 Å². The molecule has 2 saturated heterocycles. The average Bonchev–Trinajstić information content (AvgIpc) is 3.51. The third kappa shape index (κ3) is 3.08. The fourth-order valence-electron chi connectivity index (χ4n) is 7.19. The molecule has 0 saturated carbocycles. The number of para-hydroxylation sites is 3. The van der Waals surface area contributed by atoms with E-state index in [9.17, 15) is 14.4 Å². The van der Waals surface area contributed by atoms with Gasteiger partial charge in [0.15, 0.2) is 0 Å². The lowest BCUT2D eigenvalue weighted by Crippen LogP contribution is -2.50. The molecule has 0 unspecified atom stereocenters. The van der Waals surface area contributed by atoms with E-state index >= 15 is 0 Å². The van der Waals surface area contributed by atoms with E-state index in [2.05, 4.69) is 19.2 Å². The van der Waals surface area contributed by atoms with Crippen molar-refractivity contribution in [2.24, 2.45) is 17.8 Å². The van der Waals surface area contributed by atoms with Gasteiger partial charge in [0.25, 0.3) is 5.56 Å². The van der Waals surface area contributed by atoms with Crippen LogP contribution in [0.3, 0.4) is 0 Å². The fourth-order valence-corrected chi connectivity index (χ4v) is 7.19. The molecule has 2 amide bonds. The van der Waals surface area contributed by atoms with Gasteiger partial charge in [-0.05, 0) is 48.6 Å². The van der Waals surface area contributed by atoms with Gasteiger partial charge in [-0.25, -0.2) is 9.88 Å². The summed E-state index contributed by atoms with van der Waals surface area (Å²) in [7, 11) is 0. The van der Waals surface area contributed by atoms with Crippen LogP contribution in [0, 0.1) is 17.8 Å². The van der Waals surface area contributed by atoms with Crippen LogP contribution >= 0.6 is 0 Å². The van der Waals surface area contributed by atoms with Gasteiger partial charge in [0.05, 0.1) is 34.1 Å². The van der Waals surface area contributed by atoms with Crippen LogP contribution in [0.2, 0.25) is 0 Å². The molecule has 7 heteroatoms. The van der Waals surface area contributed by atoms with Crippen molar-refractivity contribution in [3.8, 4) is 5.69 Å². The summed E-state index contributed by atoms with van der Waals surface area (Å²) >= 11 is 0. The highest BCUT2D eigenvalue weighted by atomic mass is 16.2. The Morgan fingerprint density at radius 1 is 0.897 bits per heavy atom. The summed E-state index contributed by atoms with van der Waals surface area (Å²) < 4.78 is 1.65. The maximum Gasteiger partial charge on any atom is 0.266 e. The zero-order valence-electron chi connectivity index (χ0n) is 22.2. The van der Waals surface area contributed by atoms with E-state index in [1.807, 2.05) is 73.7 Å².